The number of amides is 1. The lowest BCUT2D eigenvalue weighted by Gasteiger charge is -2.21. The van der Waals surface area contributed by atoms with Crippen molar-refractivity contribution in [1.29, 1.82) is 0 Å². The molecule has 156 valence electrons. The molecule has 0 saturated carbocycles. The molecule has 1 aliphatic heterocycles. The van der Waals surface area contributed by atoms with E-state index in [4.69, 9.17) is 9.47 Å². The summed E-state index contributed by atoms with van der Waals surface area (Å²) in [5.41, 5.74) is 4.00. The largest absolute Gasteiger partial charge is 0.467 e. The minimum atomic E-state index is -0.334. The quantitative estimate of drug-likeness (QED) is 0.649. The van der Waals surface area contributed by atoms with Crippen LogP contribution in [-0.4, -0.2) is 29.0 Å². The summed E-state index contributed by atoms with van der Waals surface area (Å²) in [6.07, 6.45) is 2.77. The van der Waals surface area contributed by atoms with Gasteiger partial charge in [0.2, 0.25) is 0 Å². The molecule has 4 rings (SSSR count). The monoisotopic (exact) mass is 409 g/mol. The van der Waals surface area contributed by atoms with Gasteiger partial charge in [0.15, 0.2) is 6.79 Å². The Balaban J connectivity index is 1.42. The number of aromatic nitrogens is 2. The Morgan fingerprint density at radius 2 is 2.10 bits per heavy atom. The molecule has 0 saturated heterocycles. The number of benzene rings is 2. The molecule has 7 heteroatoms. The molecule has 0 bridgehead atoms. The highest BCUT2D eigenvalue weighted by atomic mass is 19.1. The van der Waals surface area contributed by atoms with Crippen LogP contribution in [-0.2, 0) is 30.7 Å². The van der Waals surface area contributed by atoms with E-state index < -0.39 is 0 Å². The van der Waals surface area contributed by atoms with E-state index in [0.29, 0.717) is 49.4 Å². The van der Waals surface area contributed by atoms with Gasteiger partial charge in [-0.15, -0.1) is 0 Å². The van der Waals surface area contributed by atoms with Crippen LogP contribution in [0.5, 0.6) is 5.75 Å². The highest BCUT2D eigenvalue weighted by Crippen LogP contribution is 2.29. The van der Waals surface area contributed by atoms with Crippen molar-refractivity contribution in [2.75, 3.05) is 13.3 Å². The van der Waals surface area contributed by atoms with Crippen molar-refractivity contribution in [3.05, 3.63) is 82.4 Å². The minimum absolute atomic E-state index is 0.151. The molecule has 2 aromatic carbocycles. The number of nitrogens with one attached hydrogen (secondary N) is 1. The highest BCUT2D eigenvalue weighted by Gasteiger charge is 2.19. The van der Waals surface area contributed by atoms with E-state index in [1.165, 1.54) is 12.1 Å². The van der Waals surface area contributed by atoms with Gasteiger partial charge in [-0.05, 0) is 36.1 Å². The Hall–Kier alpha value is -3.19. The summed E-state index contributed by atoms with van der Waals surface area (Å²) in [4.78, 5) is 12.7. The van der Waals surface area contributed by atoms with Crippen molar-refractivity contribution < 1.29 is 18.7 Å². The van der Waals surface area contributed by atoms with Crippen LogP contribution in [0.3, 0.4) is 0 Å². The third-order valence-corrected chi connectivity index (χ3v) is 5.13. The SMILES string of the molecule is CCc1c(C(=O)NCCc2cc(F)cc3c2OCOC3)cnn1Cc1ccccc1. The van der Waals surface area contributed by atoms with E-state index in [1.807, 2.05) is 41.9 Å². The van der Waals surface area contributed by atoms with Crippen LogP contribution in [0.4, 0.5) is 4.39 Å². The zero-order valence-electron chi connectivity index (χ0n) is 16.9. The molecule has 1 aliphatic rings. The third kappa shape index (κ3) is 4.36. The summed E-state index contributed by atoms with van der Waals surface area (Å²) in [6.45, 7) is 3.47. The van der Waals surface area contributed by atoms with Gasteiger partial charge in [-0.2, -0.15) is 5.10 Å². The van der Waals surface area contributed by atoms with Crippen LogP contribution in [0, 0.1) is 5.82 Å². The van der Waals surface area contributed by atoms with Gasteiger partial charge in [-0.3, -0.25) is 9.48 Å². The Morgan fingerprint density at radius 1 is 1.27 bits per heavy atom. The molecule has 1 aromatic heterocycles. The molecule has 30 heavy (non-hydrogen) atoms. The molecule has 2 heterocycles. The maximum absolute atomic E-state index is 13.9. The molecular formula is C23H24FN3O3. The van der Waals surface area contributed by atoms with E-state index in [0.717, 1.165) is 16.8 Å². The van der Waals surface area contributed by atoms with Gasteiger partial charge in [0.1, 0.15) is 11.6 Å². The number of fused-ring (bicyclic) bond motifs is 1. The zero-order chi connectivity index (χ0) is 20.9. The maximum Gasteiger partial charge on any atom is 0.254 e. The molecule has 3 aromatic rings. The van der Waals surface area contributed by atoms with Gasteiger partial charge >= 0.3 is 0 Å². The number of ether oxygens (including phenoxy) is 2. The van der Waals surface area contributed by atoms with Crippen LogP contribution in [0.15, 0.2) is 48.7 Å². The number of carbonyl (C=O) groups excluding carboxylic acids is 1. The molecular weight excluding hydrogens is 385 g/mol. The number of hydrogen-bond donors (Lipinski definition) is 1. The summed E-state index contributed by atoms with van der Waals surface area (Å²) < 4.78 is 26.5. The average molecular weight is 409 g/mol. The molecule has 0 aliphatic carbocycles. The molecule has 6 nitrogen and oxygen atoms in total. The normalized spacial score (nSPS) is 12.9. The van der Waals surface area contributed by atoms with Crippen LogP contribution in [0.25, 0.3) is 0 Å². The summed E-state index contributed by atoms with van der Waals surface area (Å²) >= 11 is 0. The van der Waals surface area contributed by atoms with E-state index in [9.17, 15) is 9.18 Å². The summed E-state index contributed by atoms with van der Waals surface area (Å²) in [5.74, 6) is 0.141. The van der Waals surface area contributed by atoms with Gasteiger partial charge in [-0.1, -0.05) is 37.3 Å². The van der Waals surface area contributed by atoms with Crippen molar-refractivity contribution in [2.45, 2.75) is 32.9 Å². The number of halogens is 1. The summed E-state index contributed by atoms with van der Waals surface area (Å²) in [7, 11) is 0. The summed E-state index contributed by atoms with van der Waals surface area (Å²) in [6, 6.07) is 12.9. The topological polar surface area (TPSA) is 65.4 Å². The number of rotatable bonds is 7. The fraction of sp³-hybridized carbons (Fsp3) is 0.304. The third-order valence-electron chi connectivity index (χ3n) is 5.13. The predicted molar refractivity (Wildman–Crippen MR) is 110 cm³/mol. The van der Waals surface area contributed by atoms with Crippen molar-refractivity contribution in [2.24, 2.45) is 0 Å². The van der Waals surface area contributed by atoms with E-state index in [-0.39, 0.29) is 18.5 Å². The standard InChI is InChI=1S/C23H24FN3O3/c1-2-21-20(12-26-27(21)13-16-6-4-3-5-7-16)23(28)25-9-8-17-10-19(24)11-18-14-29-15-30-22(17)18/h3-7,10-12H,2,8-9,13-15H2,1H3,(H,25,28). The van der Waals surface area contributed by atoms with Crippen molar-refractivity contribution in [1.82, 2.24) is 15.1 Å². The van der Waals surface area contributed by atoms with Gasteiger partial charge in [0, 0.05) is 12.1 Å². The summed E-state index contributed by atoms with van der Waals surface area (Å²) in [5, 5.41) is 7.34. The second-order valence-corrected chi connectivity index (χ2v) is 7.17. The lowest BCUT2D eigenvalue weighted by Crippen LogP contribution is -2.27. The molecule has 1 N–H and O–H groups in total. The Bertz CT molecular complexity index is 1030. The first kappa shape index (κ1) is 20.1. The molecule has 0 atom stereocenters. The Labute approximate surface area is 174 Å². The smallest absolute Gasteiger partial charge is 0.254 e. The molecule has 1 amide bonds. The predicted octanol–water partition coefficient (Wildman–Crippen LogP) is 3.47. The van der Waals surface area contributed by atoms with Crippen LogP contribution >= 0.6 is 0 Å². The first-order chi connectivity index (χ1) is 14.7. The Morgan fingerprint density at radius 3 is 2.90 bits per heavy atom. The van der Waals surface area contributed by atoms with E-state index in [2.05, 4.69) is 10.4 Å². The average Bonchev–Trinajstić information content (AvgIpc) is 3.16. The highest BCUT2D eigenvalue weighted by molar-refractivity contribution is 5.95. The van der Waals surface area contributed by atoms with Gasteiger partial charge in [0.25, 0.3) is 5.91 Å². The van der Waals surface area contributed by atoms with Crippen LogP contribution in [0.2, 0.25) is 0 Å². The second-order valence-electron chi connectivity index (χ2n) is 7.17. The molecule has 0 radical (unpaired) electrons. The first-order valence-electron chi connectivity index (χ1n) is 10.0. The lowest BCUT2D eigenvalue weighted by atomic mass is 10.1. The van der Waals surface area contributed by atoms with Gasteiger partial charge < -0.3 is 14.8 Å². The fourth-order valence-corrected chi connectivity index (χ4v) is 3.71. The lowest BCUT2D eigenvalue weighted by molar-refractivity contribution is -0.0172. The molecule has 0 unspecified atom stereocenters. The van der Waals surface area contributed by atoms with Crippen LogP contribution < -0.4 is 10.1 Å². The number of carbonyl (C=O) groups is 1. The van der Waals surface area contributed by atoms with E-state index >= 15 is 0 Å². The number of hydrogen-bond acceptors (Lipinski definition) is 4. The first-order valence-corrected chi connectivity index (χ1v) is 10.0. The number of nitrogens with zero attached hydrogens (tertiary/aromatic N) is 2. The van der Waals surface area contributed by atoms with Crippen molar-refractivity contribution in [3.8, 4) is 5.75 Å². The van der Waals surface area contributed by atoms with Crippen LogP contribution in [0.1, 0.15) is 39.7 Å². The molecule has 0 fully saturated rings. The molecule has 0 spiro atoms. The minimum Gasteiger partial charge on any atom is -0.467 e. The van der Waals surface area contributed by atoms with Gasteiger partial charge in [0.05, 0.1) is 30.6 Å². The van der Waals surface area contributed by atoms with Crippen molar-refractivity contribution in [3.63, 3.8) is 0 Å². The maximum atomic E-state index is 13.9. The second kappa shape index (κ2) is 9.09. The van der Waals surface area contributed by atoms with Crippen molar-refractivity contribution >= 4 is 5.91 Å². The zero-order valence-corrected chi connectivity index (χ0v) is 16.9. The fourth-order valence-electron chi connectivity index (χ4n) is 3.71. The Kier molecular flexibility index (Phi) is 6.09. The van der Waals surface area contributed by atoms with E-state index in [1.54, 1.807) is 6.20 Å². The van der Waals surface area contributed by atoms with Gasteiger partial charge in [-0.25, -0.2) is 4.39 Å².